The number of hydrogen-bond donors (Lipinski definition) is 3. The summed E-state index contributed by atoms with van der Waals surface area (Å²) in [6.45, 7) is 1.47. The highest BCUT2D eigenvalue weighted by Crippen LogP contribution is 2.10. The quantitative estimate of drug-likeness (QED) is 0.695. The molecule has 0 spiro atoms. The standard InChI is InChI=1S/C14H19FN2O3S/c1-9(12(8-18)21-2)17-13(19)7-16-14(20)10-5-3-4-6-11(10)15/h3-6,9,12,18H,7-8H2,1-2H3,(H,16,20)(H,17,19). The first-order valence-corrected chi connectivity index (χ1v) is 7.74. The Kier molecular flexibility index (Phi) is 7.18. The first-order valence-electron chi connectivity index (χ1n) is 6.45. The Morgan fingerprint density at radius 1 is 1.38 bits per heavy atom. The van der Waals surface area contributed by atoms with E-state index in [1.54, 1.807) is 13.0 Å². The van der Waals surface area contributed by atoms with Gasteiger partial charge in [0.1, 0.15) is 5.82 Å². The Balaban J connectivity index is 2.46. The normalized spacial score (nSPS) is 13.3. The van der Waals surface area contributed by atoms with Crippen LogP contribution in [0.1, 0.15) is 17.3 Å². The summed E-state index contributed by atoms with van der Waals surface area (Å²) in [5, 5.41) is 14.0. The molecular weight excluding hydrogens is 295 g/mol. The molecule has 0 saturated carbocycles. The molecule has 1 rings (SSSR count). The third-order valence-corrected chi connectivity index (χ3v) is 4.12. The van der Waals surface area contributed by atoms with Gasteiger partial charge in [0.25, 0.3) is 5.91 Å². The van der Waals surface area contributed by atoms with E-state index in [9.17, 15) is 14.0 Å². The number of nitrogens with one attached hydrogen (secondary N) is 2. The summed E-state index contributed by atoms with van der Waals surface area (Å²) in [5.41, 5.74) is -0.101. The highest BCUT2D eigenvalue weighted by atomic mass is 32.2. The van der Waals surface area contributed by atoms with Crippen LogP contribution in [0.5, 0.6) is 0 Å². The number of amides is 2. The molecule has 0 radical (unpaired) electrons. The van der Waals surface area contributed by atoms with Crippen LogP contribution in [-0.2, 0) is 4.79 Å². The lowest BCUT2D eigenvalue weighted by atomic mass is 10.2. The van der Waals surface area contributed by atoms with Crippen molar-refractivity contribution in [3.8, 4) is 0 Å². The minimum absolute atomic E-state index is 0.0514. The third kappa shape index (κ3) is 5.35. The maximum absolute atomic E-state index is 13.4. The second-order valence-corrected chi connectivity index (χ2v) is 5.55. The molecule has 5 nitrogen and oxygen atoms in total. The zero-order chi connectivity index (χ0) is 15.8. The van der Waals surface area contributed by atoms with E-state index in [0.29, 0.717) is 0 Å². The Labute approximate surface area is 127 Å². The van der Waals surface area contributed by atoms with Crippen molar-refractivity contribution >= 4 is 23.6 Å². The van der Waals surface area contributed by atoms with Crippen LogP contribution in [0.3, 0.4) is 0 Å². The highest BCUT2D eigenvalue weighted by Gasteiger charge is 2.18. The van der Waals surface area contributed by atoms with Gasteiger partial charge in [-0.3, -0.25) is 9.59 Å². The smallest absolute Gasteiger partial charge is 0.254 e. The fourth-order valence-electron chi connectivity index (χ4n) is 1.74. The number of thioether (sulfide) groups is 1. The van der Waals surface area contributed by atoms with Crippen molar-refractivity contribution in [2.75, 3.05) is 19.4 Å². The first-order chi connectivity index (χ1) is 9.99. The van der Waals surface area contributed by atoms with Crippen LogP contribution in [0, 0.1) is 5.82 Å². The van der Waals surface area contributed by atoms with Crippen molar-refractivity contribution in [3.05, 3.63) is 35.6 Å². The molecular formula is C14H19FN2O3S. The number of carbonyl (C=O) groups excluding carboxylic acids is 2. The zero-order valence-corrected chi connectivity index (χ0v) is 12.7. The molecule has 7 heteroatoms. The van der Waals surface area contributed by atoms with E-state index in [1.165, 1.54) is 30.0 Å². The van der Waals surface area contributed by atoms with Crippen molar-refractivity contribution < 1.29 is 19.1 Å². The highest BCUT2D eigenvalue weighted by molar-refractivity contribution is 7.99. The van der Waals surface area contributed by atoms with Crippen LogP contribution in [0.15, 0.2) is 24.3 Å². The van der Waals surface area contributed by atoms with Crippen molar-refractivity contribution in [1.82, 2.24) is 10.6 Å². The molecule has 0 aromatic heterocycles. The maximum atomic E-state index is 13.4. The van der Waals surface area contributed by atoms with Gasteiger partial charge in [0, 0.05) is 11.3 Å². The second kappa shape index (κ2) is 8.63. The molecule has 1 aromatic carbocycles. The average Bonchev–Trinajstić information content (AvgIpc) is 2.46. The fraction of sp³-hybridized carbons (Fsp3) is 0.429. The molecule has 0 aliphatic rings. The predicted molar refractivity (Wildman–Crippen MR) is 80.7 cm³/mol. The summed E-state index contributed by atoms with van der Waals surface area (Å²) >= 11 is 1.44. The van der Waals surface area contributed by atoms with Crippen LogP contribution < -0.4 is 10.6 Å². The van der Waals surface area contributed by atoms with Gasteiger partial charge in [0.15, 0.2) is 0 Å². The number of halogens is 1. The zero-order valence-electron chi connectivity index (χ0n) is 11.9. The van der Waals surface area contributed by atoms with Gasteiger partial charge >= 0.3 is 0 Å². The number of carbonyl (C=O) groups is 2. The number of benzene rings is 1. The van der Waals surface area contributed by atoms with Gasteiger partial charge in [-0.1, -0.05) is 12.1 Å². The number of rotatable bonds is 7. The van der Waals surface area contributed by atoms with Crippen molar-refractivity contribution in [1.29, 1.82) is 0 Å². The van der Waals surface area contributed by atoms with Gasteiger partial charge in [-0.25, -0.2) is 4.39 Å². The van der Waals surface area contributed by atoms with Crippen molar-refractivity contribution in [3.63, 3.8) is 0 Å². The molecule has 0 aliphatic heterocycles. The van der Waals surface area contributed by atoms with Gasteiger partial charge in [-0.2, -0.15) is 11.8 Å². The number of aliphatic hydroxyl groups excluding tert-OH is 1. The van der Waals surface area contributed by atoms with Gasteiger partial charge in [-0.05, 0) is 25.3 Å². The van der Waals surface area contributed by atoms with Crippen LogP contribution in [0.4, 0.5) is 4.39 Å². The molecule has 2 amide bonds. The summed E-state index contributed by atoms with van der Waals surface area (Å²) in [4.78, 5) is 23.4. The Bertz CT molecular complexity index is 495. The van der Waals surface area contributed by atoms with Crippen molar-refractivity contribution in [2.24, 2.45) is 0 Å². The lowest BCUT2D eigenvalue weighted by Gasteiger charge is -2.21. The molecule has 21 heavy (non-hydrogen) atoms. The van der Waals surface area contributed by atoms with E-state index in [1.807, 2.05) is 6.26 Å². The van der Waals surface area contributed by atoms with E-state index in [2.05, 4.69) is 10.6 Å². The van der Waals surface area contributed by atoms with Crippen LogP contribution >= 0.6 is 11.8 Å². The summed E-state index contributed by atoms with van der Waals surface area (Å²) in [6.07, 6.45) is 1.84. The second-order valence-electron chi connectivity index (χ2n) is 4.48. The summed E-state index contributed by atoms with van der Waals surface area (Å²) < 4.78 is 13.4. The van der Waals surface area contributed by atoms with Crippen molar-refractivity contribution in [2.45, 2.75) is 18.2 Å². The molecule has 0 bridgehead atoms. The number of aliphatic hydroxyl groups is 1. The largest absolute Gasteiger partial charge is 0.395 e. The number of hydrogen-bond acceptors (Lipinski definition) is 4. The Morgan fingerprint density at radius 3 is 2.62 bits per heavy atom. The monoisotopic (exact) mass is 314 g/mol. The summed E-state index contributed by atoms with van der Waals surface area (Å²) in [6, 6.07) is 5.33. The minimum atomic E-state index is -0.639. The molecule has 2 atom stereocenters. The minimum Gasteiger partial charge on any atom is -0.395 e. The lowest BCUT2D eigenvalue weighted by Crippen LogP contribution is -2.45. The Morgan fingerprint density at radius 2 is 2.05 bits per heavy atom. The molecule has 0 heterocycles. The van der Waals surface area contributed by atoms with E-state index < -0.39 is 11.7 Å². The maximum Gasteiger partial charge on any atom is 0.254 e. The topological polar surface area (TPSA) is 78.4 Å². The molecule has 3 N–H and O–H groups in total. The molecule has 1 aromatic rings. The molecule has 116 valence electrons. The van der Waals surface area contributed by atoms with E-state index in [-0.39, 0.29) is 35.9 Å². The van der Waals surface area contributed by atoms with Crippen LogP contribution in [0.25, 0.3) is 0 Å². The molecule has 0 fully saturated rings. The summed E-state index contributed by atoms with van der Waals surface area (Å²) in [7, 11) is 0. The van der Waals surface area contributed by atoms with Gasteiger partial charge in [0.2, 0.25) is 5.91 Å². The average molecular weight is 314 g/mol. The van der Waals surface area contributed by atoms with Gasteiger partial charge in [-0.15, -0.1) is 0 Å². The SMILES string of the molecule is CSC(CO)C(C)NC(=O)CNC(=O)c1ccccc1F. The fourth-order valence-corrected chi connectivity index (χ4v) is 2.36. The first kappa shape index (κ1) is 17.5. The third-order valence-electron chi connectivity index (χ3n) is 2.96. The van der Waals surface area contributed by atoms with E-state index in [4.69, 9.17) is 5.11 Å². The molecule has 2 unspecified atom stereocenters. The van der Waals surface area contributed by atoms with Crippen LogP contribution in [0.2, 0.25) is 0 Å². The molecule has 0 aliphatic carbocycles. The van der Waals surface area contributed by atoms with Crippen LogP contribution in [-0.4, -0.2) is 47.6 Å². The van der Waals surface area contributed by atoms with Gasteiger partial charge < -0.3 is 15.7 Å². The summed E-state index contributed by atoms with van der Waals surface area (Å²) in [5.74, 6) is -1.66. The molecule has 0 saturated heterocycles. The Hall–Kier alpha value is -1.60. The lowest BCUT2D eigenvalue weighted by molar-refractivity contribution is -0.120. The van der Waals surface area contributed by atoms with E-state index >= 15 is 0 Å². The van der Waals surface area contributed by atoms with Gasteiger partial charge in [0.05, 0.1) is 18.7 Å². The predicted octanol–water partition coefficient (Wildman–Crippen LogP) is 0.784. The van der Waals surface area contributed by atoms with E-state index in [0.717, 1.165) is 0 Å².